The molecule has 3 amide bonds. The van der Waals surface area contributed by atoms with Crippen LogP contribution in [0.25, 0.3) is 0 Å². The molecule has 0 radical (unpaired) electrons. The van der Waals surface area contributed by atoms with Crippen molar-refractivity contribution in [2.75, 3.05) is 32.8 Å². The van der Waals surface area contributed by atoms with Gasteiger partial charge in [0.2, 0.25) is 5.91 Å². The van der Waals surface area contributed by atoms with Crippen LogP contribution in [-0.4, -0.2) is 66.8 Å². The number of nitrogens with zero attached hydrogens (tertiary/aromatic N) is 1. The lowest BCUT2D eigenvalue weighted by molar-refractivity contribution is -0.142. The molecule has 0 spiro atoms. The van der Waals surface area contributed by atoms with Gasteiger partial charge >= 0.3 is 12.0 Å². The number of amides is 3. The molecule has 1 rings (SSSR count). The van der Waals surface area contributed by atoms with Gasteiger partial charge in [-0.1, -0.05) is 0 Å². The third-order valence-electron chi connectivity index (χ3n) is 2.58. The minimum atomic E-state index is -0.932. The maximum absolute atomic E-state index is 11.6. The topological polar surface area (TPSA) is 108 Å². The Hall–Kier alpha value is -1.67. The Labute approximate surface area is 111 Å². The summed E-state index contributed by atoms with van der Waals surface area (Å²) in [5.74, 6) is -1.35. The third kappa shape index (κ3) is 6.16. The predicted octanol–water partition coefficient (Wildman–Crippen LogP) is -0.992. The standard InChI is InChI=1S/C11H19N3O5/c1-2-12-11(18)13-9(15)7-14-3-4-19-8(6-14)5-10(16)17/h8H,2-7H2,1H3,(H,16,17)(H2,12,13,15,18). The molecule has 1 aliphatic rings. The molecule has 0 aliphatic carbocycles. The van der Waals surface area contributed by atoms with Gasteiger partial charge in [-0.2, -0.15) is 0 Å². The van der Waals surface area contributed by atoms with Gasteiger partial charge < -0.3 is 15.2 Å². The van der Waals surface area contributed by atoms with Crippen LogP contribution < -0.4 is 10.6 Å². The number of carboxylic acid groups (broad SMARTS) is 1. The lowest BCUT2D eigenvalue weighted by Crippen LogP contribution is -2.49. The molecule has 1 aliphatic heterocycles. The summed E-state index contributed by atoms with van der Waals surface area (Å²) in [4.78, 5) is 35.0. The molecule has 3 N–H and O–H groups in total. The zero-order valence-corrected chi connectivity index (χ0v) is 10.8. The largest absolute Gasteiger partial charge is 0.481 e. The average molecular weight is 273 g/mol. The Morgan fingerprint density at radius 3 is 2.79 bits per heavy atom. The van der Waals surface area contributed by atoms with Crippen LogP contribution in [0.4, 0.5) is 4.79 Å². The number of carboxylic acids is 1. The SMILES string of the molecule is CCNC(=O)NC(=O)CN1CCOC(CC(=O)O)C1. The first-order valence-electron chi connectivity index (χ1n) is 6.14. The summed E-state index contributed by atoms with van der Waals surface area (Å²) in [5, 5.41) is 13.3. The average Bonchev–Trinajstić information content (AvgIpc) is 2.28. The van der Waals surface area contributed by atoms with Crippen molar-refractivity contribution >= 4 is 17.9 Å². The molecule has 1 unspecified atom stereocenters. The van der Waals surface area contributed by atoms with E-state index >= 15 is 0 Å². The number of ether oxygens (including phenoxy) is 1. The number of morpholine rings is 1. The first-order valence-corrected chi connectivity index (χ1v) is 6.14. The molecule has 0 bridgehead atoms. The number of nitrogens with one attached hydrogen (secondary N) is 2. The molecule has 1 atom stereocenters. The van der Waals surface area contributed by atoms with Crippen LogP contribution in [0.1, 0.15) is 13.3 Å². The minimum Gasteiger partial charge on any atom is -0.481 e. The molecule has 0 aromatic heterocycles. The first-order chi connectivity index (χ1) is 9.01. The monoisotopic (exact) mass is 273 g/mol. The molecule has 0 aromatic carbocycles. The molecular formula is C11H19N3O5. The van der Waals surface area contributed by atoms with Gasteiger partial charge in [-0.15, -0.1) is 0 Å². The van der Waals surface area contributed by atoms with E-state index in [9.17, 15) is 14.4 Å². The zero-order chi connectivity index (χ0) is 14.3. The van der Waals surface area contributed by atoms with Crippen LogP contribution in [0.2, 0.25) is 0 Å². The number of imide groups is 1. The van der Waals surface area contributed by atoms with Gasteiger partial charge in [0.05, 0.1) is 25.7 Å². The normalized spacial score (nSPS) is 19.7. The van der Waals surface area contributed by atoms with E-state index < -0.39 is 24.0 Å². The summed E-state index contributed by atoms with van der Waals surface area (Å²) in [6.45, 7) is 3.54. The first kappa shape index (κ1) is 15.4. The number of urea groups is 1. The molecule has 1 saturated heterocycles. The summed E-state index contributed by atoms with van der Waals surface area (Å²) in [6.07, 6.45) is -0.502. The summed E-state index contributed by atoms with van der Waals surface area (Å²) >= 11 is 0. The number of carbonyl (C=O) groups is 3. The molecular weight excluding hydrogens is 254 g/mol. The maximum Gasteiger partial charge on any atom is 0.321 e. The number of hydrogen-bond donors (Lipinski definition) is 3. The van der Waals surface area contributed by atoms with E-state index in [0.29, 0.717) is 26.2 Å². The van der Waals surface area contributed by atoms with Crippen LogP contribution in [0.3, 0.4) is 0 Å². The van der Waals surface area contributed by atoms with Gasteiger partial charge in [0.15, 0.2) is 0 Å². The Balaban J connectivity index is 2.33. The van der Waals surface area contributed by atoms with Gasteiger partial charge in [-0.3, -0.25) is 19.8 Å². The van der Waals surface area contributed by atoms with E-state index in [2.05, 4.69) is 10.6 Å². The van der Waals surface area contributed by atoms with Crippen molar-refractivity contribution in [1.82, 2.24) is 15.5 Å². The summed E-state index contributed by atoms with van der Waals surface area (Å²) < 4.78 is 5.29. The van der Waals surface area contributed by atoms with Gasteiger partial charge in [0.25, 0.3) is 0 Å². The second-order valence-corrected chi connectivity index (χ2v) is 4.23. The van der Waals surface area contributed by atoms with Crippen LogP contribution >= 0.6 is 0 Å². The number of aliphatic carboxylic acids is 1. The third-order valence-corrected chi connectivity index (χ3v) is 2.58. The number of hydrogen-bond acceptors (Lipinski definition) is 5. The fourth-order valence-electron chi connectivity index (χ4n) is 1.82. The minimum absolute atomic E-state index is 0.0522. The highest BCUT2D eigenvalue weighted by Gasteiger charge is 2.24. The van der Waals surface area contributed by atoms with Crippen molar-refractivity contribution in [2.45, 2.75) is 19.4 Å². The summed E-state index contributed by atoms with van der Waals surface area (Å²) in [6, 6.07) is -0.525. The smallest absolute Gasteiger partial charge is 0.321 e. The number of rotatable bonds is 5. The molecule has 8 heteroatoms. The van der Waals surface area contributed by atoms with Crippen LogP contribution in [0.15, 0.2) is 0 Å². The van der Waals surface area contributed by atoms with E-state index in [-0.39, 0.29) is 13.0 Å². The summed E-state index contributed by atoms with van der Waals surface area (Å²) in [5.41, 5.74) is 0. The van der Waals surface area contributed by atoms with E-state index in [1.54, 1.807) is 11.8 Å². The lowest BCUT2D eigenvalue weighted by atomic mass is 10.2. The highest BCUT2D eigenvalue weighted by Crippen LogP contribution is 2.08. The fourth-order valence-corrected chi connectivity index (χ4v) is 1.82. The Morgan fingerprint density at radius 2 is 2.16 bits per heavy atom. The van der Waals surface area contributed by atoms with Crippen LogP contribution in [0, 0.1) is 0 Å². The van der Waals surface area contributed by atoms with Gasteiger partial charge in [-0.25, -0.2) is 4.79 Å². The van der Waals surface area contributed by atoms with Gasteiger partial charge in [-0.05, 0) is 6.92 Å². The Kier molecular flexibility index (Phi) is 6.23. The highest BCUT2D eigenvalue weighted by atomic mass is 16.5. The fraction of sp³-hybridized carbons (Fsp3) is 0.727. The van der Waals surface area contributed by atoms with Crippen molar-refractivity contribution in [3.63, 3.8) is 0 Å². The Morgan fingerprint density at radius 1 is 1.42 bits per heavy atom. The number of carbonyl (C=O) groups excluding carboxylic acids is 2. The molecule has 1 heterocycles. The highest BCUT2D eigenvalue weighted by molar-refractivity contribution is 5.95. The molecule has 19 heavy (non-hydrogen) atoms. The van der Waals surface area contributed by atoms with Crippen LogP contribution in [-0.2, 0) is 14.3 Å². The van der Waals surface area contributed by atoms with Crippen molar-refractivity contribution in [3.05, 3.63) is 0 Å². The van der Waals surface area contributed by atoms with E-state index in [4.69, 9.17) is 9.84 Å². The Bertz CT molecular complexity index is 347. The second-order valence-electron chi connectivity index (χ2n) is 4.23. The quantitative estimate of drug-likeness (QED) is 0.593. The zero-order valence-electron chi connectivity index (χ0n) is 10.8. The van der Waals surface area contributed by atoms with Crippen molar-refractivity contribution in [2.24, 2.45) is 0 Å². The van der Waals surface area contributed by atoms with Crippen molar-refractivity contribution in [3.8, 4) is 0 Å². The van der Waals surface area contributed by atoms with E-state index in [1.165, 1.54) is 0 Å². The molecule has 1 fully saturated rings. The molecule has 108 valence electrons. The summed E-state index contributed by atoms with van der Waals surface area (Å²) in [7, 11) is 0. The second kappa shape index (κ2) is 7.70. The van der Waals surface area contributed by atoms with Gasteiger partial charge in [0, 0.05) is 19.6 Å². The van der Waals surface area contributed by atoms with E-state index in [0.717, 1.165) is 0 Å². The lowest BCUT2D eigenvalue weighted by Gasteiger charge is -2.31. The molecule has 8 nitrogen and oxygen atoms in total. The predicted molar refractivity (Wildman–Crippen MR) is 65.6 cm³/mol. The van der Waals surface area contributed by atoms with Crippen molar-refractivity contribution in [1.29, 1.82) is 0 Å². The van der Waals surface area contributed by atoms with Crippen molar-refractivity contribution < 1.29 is 24.2 Å². The maximum atomic E-state index is 11.6. The molecule has 0 saturated carbocycles. The van der Waals surface area contributed by atoms with E-state index in [1.807, 2.05) is 0 Å². The van der Waals surface area contributed by atoms with Gasteiger partial charge in [0.1, 0.15) is 0 Å². The molecule has 0 aromatic rings. The van der Waals surface area contributed by atoms with Crippen LogP contribution in [0.5, 0.6) is 0 Å².